The highest BCUT2D eigenvalue weighted by atomic mass is 32.1. The van der Waals surface area contributed by atoms with Gasteiger partial charge in [-0.3, -0.25) is 0 Å². The monoisotopic (exact) mass is 263 g/mol. The second kappa shape index (κ2) is 6.42. The molecule has 1 heterocycles. The maximum Gasteiger partial charge on any atom is 0.123 e. The quantitative estimate of drug-likeness (QED) is 0.787. The van der Waals surface area contributed by atoms with Crippen LogP contribution in [-0.2, 0) is 13.0 Å². The molecule has 1 aromatic carbocycles. The van der Waals surface area contributed by atoms with Crippen LogP contribution in [0, 0.1) is 0 Å². The number of hydrogen-bond acceptors (Lipinski definition) is 4. The molecule has 0 aliphatic carbocycles. The Kier molecular flexibility index (Phi) is 4.61. The standard InChI is InChI=1S/C14H17NO2S/c1-17-12-5-4-11(14(16)9-12)10-15-7-6-13-3-2-8-18-13/h2-5,8-9,15-16H,6-7,10H2,1H3. The Morgan fingerprint density at radius 3 is 2.89 bits per heavy atom. The lowest BCUT2D eigenvalue weighted by Gasteiger charge is -2.08. The molecule has 4 heteroatoms. The molecular formula is C14H17NO2S. The molecule has 0 saturated heterocycles. The first-order valence-corrected chi connectivity index (χ1v) is 6.76. The molecule has 0 fully saturated rings. The van der Waals surface area contributed by atoms with Gasteiger partial charge in [0, 0.05) is 29.6 Å². The maximum absolute atomic E-state index is 9.79. The average Bonchev–Trinajstić information content (AvgIpc) is 2.89. The van der Waals surface area contributed by atoms with Gasteiger partial charge >= 0.3 is 0 Å². The van der Waals surface area contributed by atoms with Gasteiger partial charge in [-0.15, -0.1) is 11.3 Å². The first kappa shape index (κ1) is 12.9. The number of phenolic OH excluding ortho intramolecular Hbond substituents is 1. The molecule has 3 nitrogen and oxygen atoms in total. The molecule has 0 unspecified atom stereocenters. The topological polar surface area (TPSA) is 41.5 Å². The van der Waals surface area contributed by atoms with Crippen LogP contribution in [0.5, 0.6) is 11.5 Å². The van der Waals surface area contributed by atoms with Crippen LogP contribution in [0.15, 0.2) is 35.7 Å². The SMILES string of the molecule is COc1ccc(CNCCc2cccs2)c(O)c1. The van der Waals surface area contributed by atoms with Crippen LogP contribution in [0.25, 0.3) is 0 Å². The van der Waals surface area contributed by atoms with E-state index >= 15 is 0 Å². The lowest BCUT2D eigenvalue weighted by molar-refractivity contribution is 0.406. The molecule has 0 atom stereocenters. The van der Waals surface area contributed by atoms with E-state index in [-0.39, 0.29) is 5.75 Å². The summed E-state index contributed by atoms with van der Waals surface area (Å²) in [6.07, 6.45) is 1.02. The minimum atomic E-state index is 0.276. The summed E-state index contributed by atoms with van der Waals surface area (Å²) in [7, 11) is 1.59. The van der Waals surface area contributed by atoms with Crippen molar-refractivity contribution in [1.82, 2.24) is 5.32 Å². The third-order valence-electron chi connectivity index (χ3n) is 2.74. The van der Waals surface area contributed by atoms with Crippen LogP contribution in [0.2, 0.25) is 0 Å². The van der Waals surface area contributed by atoms with E-state index in [0.29, 0.717) is 12.3 Å². The number of benzene rings is 1. The zero-order chi connectivity index (χ0) is 12.8. The Balaban J connectivity index is 1.79. The van der Waals surface area contributed by atoms with Gasteiger partial charge in [0.25, 0.3) is 0 Å². The lowest BCUT2D eigenvalue weighted by atomic mass is 10.2. The molecule has 0 saturated carbocycles. The van der Waals surface area contributed by atoms with Gasteiger partial charge in [-0.2, -0.15) is 0 Å². The third-order valence-corrected chi connectivity index (χ3v) is 3.67. The van der Waals surface area contributed by atoms with Crippen LogP contribution in [-0.4, -0.2) is 18.8 Å². The normalized spacial score (nSPS) is 10.5. The van der Waals surface area contributed by atoms with E-state index < -0.39 is 0 Å². The highest BCUT2D eigenvalue weighted by molar-refractivity contribution is 7.09. The van der Waals surface area contributed by atoms with E-state index in [4.69, 9.17) is 4.74 Å². The van der Waals surface area contributed by atoms with Crippen molar-refractivity contribution in [2.24, 2.45) is 0 Å². The molecule has 0 radical (unpaired) electrons. The first-order valence-electron chi connectivity index (χ1n) is 5.88. The predicted octanol–water partition coefficient (Wildman–Crippen LogP) is 2.79. The van der Waals surface area contributed by atoms with Crippen molar-refractivity contribution in [2.75, 3.05) is 13.7 Å². The molecule has 2 N–H and O–H groups in total. The van der Waals surface area contributed by atoms with Crippen LogP contribution >= 0.6 is 11.3 Å². The van der Waals surface area contributed by atoms with Crippen LogP contribution in [0.4, 0.5) is 0 Å². The predicted molar refractivity (Wildman–Crippen MR) is 74.4 cm³/mol. The molecule has 96 valence electrons. The fraction of sp³-hybridized carbons (Fsp3) is 0.286. The van der Waals surface area contributed by atoms with Crippen molar-refractivity contribution < 1.29 is 9.84 Å². The van der Waals surface area contributed by atoms with Crippen molar-refractivity contribution in [3.63, 3.8) is 0 Å². The number of phenols is 1. The summed E-state index contributed by atoms with van der Waals surface area (Å²) >= 11 is 1.77. The Morgan fingerprint density at radius 1 is 1.33 bits per heavy atom. The molecule has 2 rings (SSSR count). The van der Waals surface area contributed by atoms with Crippen molar-refractivity contribution in [3.05, 3.63) is 46.2 Å². The molecule has 0 aliphatic heterocycles. The minimum absolute atomic E-state index is 0.276. The summed E-state index contributed by atoms with van der Waals surface area (Å²) in [5.41, 5.74) is 0.891. The molecule has 0 spiro atoms. The van der Waals surface area contributed by atoms with E-state index in [9.17, 15) is 5.11 Å². The Bertz CT molecular complexity index is 483. The number of nitrogens with one attached hydrogen (secondary N) is 1. The smallest absolute Gasteiger partial charge is 0.123 e. The average molecular weight is 263 g/mol. The van der Waals surface area contributed by atoms with E-state index in [1.54, 1.807) is 24.5 Å². The molecule has 2 aromatic rings. The molecular weight excluding hydrogens is 246 g/mol. The van der Waals surface area contributed by atoms with E-state index in [1.165, 1.54) is 4.88 Å². The Labute approximate surface area is 111 Å². The number of hydrogen-bond donors (Lipinski definition) is 2. The van der Waals surface area contributed by atoms with Gasteiger partial charge in [0.1, 0.15) is 11.5 Å². The summed E-state index contributed by atoms with van der Waals surface area (Å²) in [5, 5.41) is 15.2. The largest absolute Gasteiger partial charge is 0.507 e. The zero-order valence-corrected chi connectivity index (χ0v) is 11.2. The minimum Gasteiger partial charge on any atom is -0.507 e. The van der Waals surface area contributed by atoms with Gasteiger partial charge < -0.3 is 15.2 Å². The number of ether oxygens (including phenoxy) is 1. The number of methoxy groups -OCH3 is 1. The highest BCUT2D eigenvalue weighted by Gasteiger charge is 2.02. The second-order valence-corrected chi connectivity index (χ2v) is 5.03. The number of rotatable bonds is 6. The maximum atomic E-state index is 9.79. The first-order chi connectivity index (χ1) is 8.79. The van der Waals surface area contributed by atoms with E-state index in [2.05, 4.69) is 22.8 Å². The van der Waals surface area contributed by atoms with E-state index in [1.807, 2.05) is 12.1 Å². The van der Waals surface area contributed by atoms with Crippen molar-refractivity contribution in [1.29, 1.82) is 0 Å². The van der Waals surface area contributed by atoms with Gasteiger partial charge in [-0.05, 0) is 23.9 Å². The van der Waals surface area contributed by atoms with Gasteiger partial charge in [0.05, 0.1) is 7.11 Å². The van der Waals surface area contributed by atoms with Crippen LogP contribution in [0.1, 0.15) is 10.4 Å². The van der Waals surface area contributed by atoms with Crippen molar-refractivity contribution in [2.45, 2.75) is 13.0 Å². The zero-order valence-electron chi connectivity index (χ0n) is 10.3. The fourth-order valence-corrected chi connectivity index (χ4v) is 2.42. The van der Waals surface area contributed by atoms with Crippen molar-refractivity contribution >= 4 is 11.3 Å². The lowest BCUT2D eigenvalue weighted by Crippen LogP contribution is -2.16. The van der Waals surface area contributed by atoms with Gasteiger partial charge in [-0.1, -0.05) is 12.1 Å². The highest BCUT2D eigenvalue weighted by Crippen LogP contribution is 2.23. The number of thiophene rings is 1. The number of aromatic hydroxyl groups is 1. The van der Waals surface area contributed by atoms with Gasteiger partial charge in [0.15, 0.2) is 0 Å². The molecule has 1 aromatic heterocycles. The summed E-state index contributed by atoms with van der Waals surface area (Å²) in [5.74, 6) is 0.952. The summed E-state index contributed by atoms with van der Waals surface area (Å²) in [4.78, 5) is 1.38. The summed E-state index contributed by atoms with van der Waals surface area (Å²) < 4.78 is 5.05. The third kappa shape index (κ3) is 3.48. The van der Waals surface area contributed by atoms with Crippen LogP contribution < -0.4 is 10.1 Å². The van der Waals surface area contributed by atoms with Gasteiger partial charge in [-0.25, -0.2) is 0 Å². The van der Waals surface area contributed by atoms with E-state index in [0.717, 1.165) is 18.5 Å². The summed E-state index contributed by atoms with van der Waals surface area (Å²) in [6.45, 7) is 1.58. The van der Waals surface area contributed by atoms with Crippen molar-refractivity contribution in [3.8, 4) is 11.5 Å². The van der Waals surface area contributed by atoms with Gasteiger partial charge in [0.2, 0.25) is 0 Å². The molecule has 0 aliphatic rings. The Morgan fingerprint density at radius 2 is 2.22 bits per heavy atom. The summed E-state index contributed by atoms with van der Waals surface area (Å²) in [6, 6.07) is 9.57. The van der Waals surface area contributed by atoms with Crippen LogP contribution in [0.3, 0.4) is 0 Å². The fourth-order valence-electron chi connectivity index (χ4n) is 1.71. The molecule has 18 heavy (non-hydrogen) atoms. The molecule has 0 amide bonds. The second-order valence-electron chi connectivity index (χ2n) is 4.00. The Hall–Kier alpha value is -1.52. The molecule has 0 bridgehead atoms.